The van der Waals surface area contributed by atoms with Crippen molar-refractivity contribution < 1.29 is 4.79 Å². The van der Waals surface area contributed by atoms with Crippen LogP contribution in [0.4, 0.5) is 10.6 Å². The lowest BCUT2D eigenvalue weighted by molar-refractivity contribution is 0.197. The average molecular weight is 278 g/mol. The molecule has 3 rings (SSSR count). The normalized spacial score (nSPS) is 21.9. The number of hydrogen-bond acceptors (Lipinski definition) is 4. The van der Waals surface area contributed by atoms with Crippen molar-refractivity contribution in [2.45, 2.75) is 6.04 Å². The standard InChI is InChI=1S/C12H12ClN5O/c13-10-8(5-14)1-2-15-11(10)17-3-4-18-9(7-17)6-16-12(18)19/h1-2,9H,3-4,6-7H2,(H,16,19). The second-order valence-electron chi connectivity index (χ2n) is 4.59. The molecule has 2 aliphatic heterocycles. The number of pyridine rings is 1. The van der Waals surface area contributed by atoms with Gasteiger partial charge in [-0.05, 0) is 6.07 Å². The number of halogens is 1. The number of carbonyl (C=O) groups excluding carboxylic acids is 1. The van der Waals surface area contributed by atoms with Crippen molar-refractivity contribution in [3.8, 4) is 6.07 Å². The minimum Gasteiger partial charge on any atom is -0.351 e. The zero-order valence-corrected chi connectivity index (χ0v) is 10.9. The van der Waals surface area contributed by atoms with Gasteiger partial charge in [0.15, 0.2) is 0 Å². The molecule has 19 heavy (non-hydrogen) atoms. The van der Waals surface area contributed by atoms with E-state index >= 15 is 0 Å². The topological polar surface area (TPSA) is 72.3 Å². The van der Waals surface area contributed by atoms with Crippen molar-refractivity contribution in [1.82, 2.24) is 15.2 Å². The summed E-state index contributed by atoms with van der Waals surface area (Å²) < 4.78 is 0. The van der Waals surface area contributed by atoms with Gasteiger partial charge < -0.3 is 15.1 Å². The van der Waals surface area contributed by atoms with E-state index < -0.39 is 0 Å². The second kappa shape index (κ2) is 4.59. The fourth-order valence-electron chi connectivity index (χ4n) is 2.54. The quantitative estimate of drug-likeness (QED) is 0.825. The maximum Gasteiger partial charge on any atom is 0.317 e. The van der Waals surface area contributed by atoms with Crippen LogP contribution in [-0.2, 0) is 0 Å². The van der Waals surface area contributed by atoms with Gasteiger partial charge >= 0.3 is 6.03 Å². The van der Waals surface area contributed by atoms with Gasteiger partial charge in [0.1, 0.15) is 16.9 Å². The number of nitrogens with zero attached hydrogens (tertiary/aromatic N) is 4. The number of carbonyl (C=O) groups is 1. The minimum absolute atomic E-state index is 0.00511. The summed E-state index contributed by atoms with van der Waals surface area (Å²) in [5.41, 5.74) is 0.426. The highest BCUT2D eigenvalue weighted by Gasteiger charge is 2.36. The Morgan fingerprint density at radius 1 is 1.53 bits per heavy atom. The molecule has 6 nitrogen and oxygen atoms in total. The van der Waals surface area contributed by atoms with Crippen LogP contribution >= 0.6 is 11.6 Å². The van der Waals surface area contributed by atoms with Gasteiger partial charge in [-0.2, -0.15) is 5.26 Å². The number of amides is 2. The highest BCUT2D eigenvalue weighted by atomic mass is 35.5. The first-order valence-electron chi connectivity index (χ1n) is 6.04. The fourth-order valence-corrected chi connectivity index (χ4v) is 2.81. The van der Waals surface area contributed by atoms with Gasteiger partial charge in [0, 0.05) is 32.4 Å². The van der Waals surface area contributed by atoms with Crippen molar-refractivity contribution in [3.05, 3.63) is 22.8 Å². The van der Waals surface area contributed by atoms with Gasteiger partial charge in [-0.3, -0.25) is 0 Å². The maximum absolute atomic E-state index is 11.5. The van der Waals surface area contributed by atoms with E-state index in [9.17, 15) is 4.79 Å². The summed E-state index contributed by atoms with van der Waals surface area (Å²) in [6, 6.07) is 3.79. The number of urea groups is 1. The highest BCUT2D eigenvalue weighted by molar-refractivity contribution is 6.34. The maximum atomic E-state index is 11.5. The molecule has 2 fully saturated rings. The molecule has 1 N–H and O–H groups in total. The number of nitriles is 1. The van der Waals surface area contributed by atoms with E-state index in [0.717, 1.165) is 0 Å². The Bertz CT molecular complexity index is 570. The Labute approximate surface area is 115 Å². The van der Waals surface area contributed by atoms with Crippen LogP contribution in [0.3, 0.4) is 0 Å². The Hall–Kier alpha value is -2.00. The zero-order chi connectivity index (χ0) is 13.4. The van der Waals surface area contributed by atoms with Crippen LogP contribution in [0.25, 0.3) is 0 Å². The molecule has 2 saturated heterocycles. The Balaban J connectivity index is 1.85. The smallest absolute Gasteiger partial charge is 0.317 e. The molecule has 1 atom stereocenters. The third kappa shape index (κ3) is 1.96. The number of piperazine rings is 1. The molecule has 0 aliphatic carbocycles. The molecule has 1 unspecified atom stereocenters. The van der Waals surface area contributed by atoms with Crippen LogP contribution in [0, 0.1) is 11.3 Å². The number of anilines is 1. The number of nitrogens with one attached hydrogen (secondary N) is 1. The van der Waals surface area contributed by atoms with Crippen molar-refractivity contribution in [1.29, 1.82) is 5.26 Å². The third-order valence-electron chi connectivity index (χ3n) is 3.52. The predicted octanol–water partition coefficient (Wildman–Crippen LogP) is 0.820. The summed E-state index contributed by atoms with van der Waals surface area (Å²) in [6.45, 7) is 2.64. The number of rotatable bonds is 1. The minimum atomic E-state index is -0.00511. The fraction of sp³-hybridized carbons (Fsp3) is 0.417. The number of aromatic nitrogens is 1. The molecule has 0 spiro atoms. The molecule has 0 aromatic carbocycles. The van der Waals surface area contributed by atoms with Gasteiger partial charge in [-0.1, -0.05) is 11.6 Å². The zero-order valence-electron chi connectivity index (χ0n) is 10.1. The molecule has 2 aliphatic rings. The molecule has 0 bridgehead atoms. The van der Waals surface area contributed by atoms with Crippen molar-refractivity contribution >= 4 is 23.4 Å². The predicted molar refractivity (Wildman–Crippen MR) is 70.1 cm³/mol. The molecule has 1 aromatic rings. The van der Waals surface area contributed by atoms with E-state index in [-0.39, 0.29) is 12.1 Å². The average Bonchev–Trinajstić information content (AvgIpc) is 2.80. The van der Waals surface area contributed by atoms with Crippen LogP contribution in [-0.4, -0.2) is 48.1 Å². The van der Waals surface area contributed by atoms with E-state index in [4.69, 9.17) is 16.9 Å². The Morgan fingerprint density at radius 3 is 3.16 bits per heavy atom. The largest absolute Gasteiger partial charge is 0.351 e. The lowest BCUT2D eigenvalue weighted by atomic mass is 10.2. The Kier molecular flexibility index (Phi) is 2.91. The SMILES string of the molecule is N#Cc1ccnc(N2CCN3C(=O)NCC3C2)c1Cl. The highest BCUT2D eigenvalue weighted by Crippen LogP contribution is 2.28. The lowest BCUT2D eigenvalue weighted by Gasteiger charge is -2.37. The van der Waals surface area contributed by atoms with Crippen LogP contribution in [0.2, 0.25) is 5.02 Å². The summed E-state index contributed by atoms with van der Waals surface area (Å²) in [5, 5.41) is 12.2. The van der Waals surface area contributed by atoms with Gasteiger partial charge in [0.25, 0.3) is 0 Å². The monoisotopic (exact) mass is 277 g/mol. The van der Waals surface area contributed by atoms with Gasteiger partial charge in [0.05, 0.1) is 11.6 Å². The van der Waals surface area contributed by atoms with Gasteiger partial charge in [0.2, 0.25) is 0 Å². The third-order valence-corrected chi connectivity index (χ3v) is 3.90. The van der Waals surface area contributed by atoms with E-state index in [1.807, 2.05) is 9.80 Å². The molecule has 2 amide bonds. The van der Waals surface area contributed by atoms with E-state index in [1.54, 1.807) is 12.3 Å². The van der Waals surface area contributed by atoms with E-state index in [1.165, 1.54) is 0 Å². The van der Waals surface area contributed by atoms with E-state index in [0.29, 0.717) is 42.6 Å². The van der Waals surface area contributed by atoms with Crippen molar-refractivity contribution in [2.75, 3.05) is 31.1 Å². The molecule has 0 saturated carbocycles. The molecular weight excluding hydrogens is 266 g/mol. The number of fused-ring (bicyclic) bond motifs is 1. The van der Waals surface area contributed by atoms with Crippen LogP contribution in [0.5, 0.6) is 0 Å². The molecular formula is C12H12ClN5O. The second-order valence-corrected chi connectivity index (χ2v) is 4.97. The van der Waals surface area contributed by atoms with Crippen molar-refractivity contribution in [3.63, 3.8) is 0 Å². The molecule has 98 valence electrons. The summed E-state index contributed by atoms with van der Waals surface area (Å²) >= 11 is 6.19. The van der Waals surface area contributed by atoms with Crippen LogP contribution < -0.4 is 10.2 Å². The molecule has 1 aromatic heterocycles. The summed E-state index contributed by atoms with van der Waals surface area (Å²) in [4.78, 5) is 19.7. The van der Waals surface area contributed by atoms with Crippen LogP contribution in [0.1, 0.15) is 5.56 Å². The van der Waals surface area contributed by atoms with Crippen molar-refractivity contribution in [2.24, 2.45) is 0 Å². The summed E-state index contributed by atoms with van der Waals surface area (Å²) in [6.07, 6.45) is 1.59. The van der Waals surface area contributed by atoms with E-state index in [2.05, 4.69) is 16.4 Å². The first-order chi connectivity index (χ1) is 9.20. The van der Waals surface area contributed by atoms with Gasteiger partial charge in [-0.25, -0.2) is 9.78 Å². The summed E-state index contributed by atoms with van der Waals surface area (Å²) in [5.74, 6) is 0.625. The molecule has 7 heteroatoms. The Morgan fingerprint density at radius 2 is 2.37 bits per heavy atom. The first kappa shape index (κ1) is 12.1. The first-order valence-corrected chi connectivity index (χ1v) is 6.42. The molecule has 3 heterocycles. The molecule has 0 radical (unpaired) electrons. The van der Waals surface area contributed by atoms with Crippen LogP contribution in [0.15, 0.2) is 12.3 Å². The summed E-state index contributed by atoms with van der Waals surface area (Å²) in [7, 11) is 0. The van der Waals surface area contributed by atoms with Gasteiger partial charge in [-0.15, -0.1) is 0 Å². The number of hydrogen-bond donors (Lipinski definition) is 1. The lowest BCUT2D eigenvalue weighted by Crippen LogP contribution is -2.52.